The number of hydrogen-bond donors (Lipinski definition) is 2. The maximum absolute atomic E-state index is 13.0. The highest BCUT2D eigenvalue weighted by molar-refractivity contribution is 5.81. The van der Waals surface area contributed by atoms with Gasteiger partial charge in [-0.25, -0.2) is 0 Å². The van der Waals surface area contributed by atoms with Gasteiger partial charge in [0.2, 0.25) is 0 Å². The molecule has 126 valence electrons. The van der Waals surface area contributed by atoms with Crippen LogP contribution in [-0.2, 0) is 12.6 Å². The number of guanidine groups is 1. The second kappa shape index (κ2) is 6.95. The summed E-state index contributed by atoms with van der Waals surface area (Å²) in [5, 5.41) is 6.34. The minimum Gasteiger partial charge on any atom is -0.355 e. The van der Waals surface area contributed by atoms with Crippen LogP contribution in [0.15, 0.2) is 59.6 Å². The zero-order valence-corrected chi connectivity index (χ0v) is 13.0. The Kier molecular flexibility index (Phi) is 4.74. The second-order valence-electron chi connectivity index (χ2n) is 5.67. The highest BCUT2D eigenvalue weighted by atomic mass is 19.4. The van der Waals surface area contributed by atoms with Gasteiger partial charge in [0, 0.05) is 6.54 Å². The molecule has 3 rings (SSSR count). The summed E-state index contributed by atoms with van der Waals surface area (Å²) in [5.41, 5.74) is 0.997. The summed E-state index contributed by atoms with van der Waals surface area (Å²) in [6, 6.07) is 14.8. The third kappa shape index (κ3) is 4.07. The summed E-state index contributed by atoms with van der Waals surface area (Å²) in [6.45, 7) is 1.41. The number of halogens is 3. The molecule has 2 N–H and O–H groups in total. The number of nitrogens with one attached hydrogen (secondary N) is 2. The topological polar surface area (TPSA) is 36.4 Å². The number of nitrogens with zero attached hydrogens (tertiary/aromatic N) is 1. The van der Waals surface area contributed by atoms with Gasteiger partial charge in [-0.2, -0.15) is 13.2 Å². The number of rotatable bonds is 4. The Balaban J connectivity index is 1.88. The Morgan fingerprint density at radius 2 is 1.88 bits per heavy atom. The summed E-state index contributed by atoms with van der Waals surface area (Å²) in [6.07, 6.45) is -3.78. The largest absolute Gasteiger partial charge is 0.416 e. The van der Waals surface area contributed by atoms with E-state index in [2.05, 4.69) is 15.6 Å². The van der Waals surface area contributed by atoms with Gasteiger partial charge in [0.05, 0.1) is 18.2 Å². The third-order valence-corrected chi connectivity index (χ3v) is 3.88. The molecule has 1 heterocycles. The van der Waals surface area contributed by atoms with Crippen molar-refractivity contribution < 1.29 is 13.2 Å². The number of hydrogen-bond acceptors (Lipinski definition) is 3. The molecule has 0 radical (unpaired) electrons. The predicted molar refractivity (Wildman–Crippen MR) is 87.8 cm³/mol. The van der Waals surface area contributed by atoms with E-state index < -0.39 is 11.7 Å². The first-order chi connectivity index (χ1) is 11.5. The van der Waals surface area contributed by atoms with Gasteiger partial charge in [-0.1, -0.05) is 42.5 Å². The normalized spacial score (nSPS) is 15.5. The summed E-state index contributed by atoms with van der Waals surface area (Å²) < 4.78 is 39.0. The highest BCUT2D eigenvalue weighted by Gasteiger charge is 2.31. The van der Waals surface area contributed by atoms with Gasteiger partial charge < -0.3 is 10.6 Å². The maximum Gasteiger partial charge on any atom is 0.416 e. The van der Waals surface area contributed by atoms with E-state index in [4.69, 9.17) is 0 Å². The third-order valence-electron chi connectivity index (χ3n) is 3.88. The number of alkyl halides is 3. The lowest BCUT2D eigenvalue weighted by Crippen LogP contribution is -2.37. The molecule has 2 aromatic carbocycles. The molecule has 0 fully saturated rings. The zero-order chi connectivity index (χ0) is 17.0. The van der Waals surface area contributed by atoms with Gasteiger partial charge >= 0.3 is 6.18 Å². The Labute approximate surface area is 138 Å². The van der Waals surface area contributed by atoms with E-state index in [-0.39, 0.29) is 6.04 Å². The molecular weight excluding hydrogens is 315 g/mol. The molecule has 0 saturated carbocycles. The van der Waals surface area contributed by atoms with Crippen molar-refractivity contribution in [3.8, 4) is 0 Å². The fourth-order valence-electron chi connectivity index (χ4n) is 2.69. The van der Waals surface area contributed by atoms with Crippen LogP contribution < -0.4 is 10.6 Å². The molecule has 0 saturated heterocycles. The summed E-state index contributed by atoms with van der Waals surface area (Å²) >= 11 is 0. The lowest BCUT2D eigenvalue weighted by atomic mass is 9.97. The molecular formula is C18H18F3N3. The minimum atomic E-state index is -4.35. The Bertz CT molecular complexity index is 711. The fourth-order valence-corrected chi connectivity index (χ4v) is 2.69. The van der Waals surface area contributed by atoms with Crippen LogP contribution in [-0.4, -0.2) is 19.0 Å². The molecule has 24 heavy (non-hydrogen) atoms. The van der Waals surface area contributed by atoms with Crippen molar-refractivity contribution in [3.63, 3.8) is 0 Å². The van der Waals surface area contributed by atoms with Crippen molar-refractivity contribution in [2.45, 2.75) is 18.6 Å². The van der Waals surface area contributed by atoms with Crippen LogP contribution in [0.4, 0.5) is 13.2 Å². The SMILES string of the molecule is FC(F)(F)c1cccc(C(Cc2ccccc2)NC2=NCCN2)c1. The Hall–Kier alpha value is -2.50. The molecule has 6 heteroatoms. The lowest BCUT2D eigenvalue weighted by molar-refractivity contribution is -0.137. The van der Waals surface area contributed by atoms with Crippen molar-refractivity contribution in [1.82, 2.24) is 10.6 Å². The van der Waals surface area contributed by atoms with Crippen molar-refractivity contribution in [3.05, 3.63) is 71.3 Å². The molecule has 1 unspecified atom stereocenters. The maximum atomic E-state index is 13.0. The van der Waals surface area contributed by atoms with E-state index in [1.165, 1.54) is 12.1 Å². The summed E-state index contributed by atoms with van der Waals surface area (Å²) in [7, 11) is 0. The average molecular weight is 333 g/mol. The number of benzene rings is 2. The van der Waals surface area contributed by atoms with E-state index >= 15 is 0 Å². The van der Waals surface area contributed by atoms with Crippen LogP contribution >= 0.6 is 0 Å². The monoisotopic (exact) mass is 333 g/mol. The molecule has 0 aromatic heterocycles. The van der Waals surface area contributed by atoms with Gasteiger partial charge in [-0.15, -0.1) is 0 Å². The second-order valence-corrected chi connectivity index (χ2v) is 5.67. The molecule has 1 atom stereocenters. The van der Waals surface area contributed by atoms with Gasteiger partial charge in [0.25, 0.3) is 0 Å². The van der Waals surface area contributed by atoms with Crippen molar-refractivity contribution >= 4 is 5.96 Å². The van der Waals surface area contributed by atoms with Crippen LogP contribution in [0.5, 0.6) is 0 Å². The van der Waals surface area contributed by atoms with Crippen molar-refractivity contribution in [1.29, 1.82) is 0 Å². The van der Waals surface area contributed by atoms with Gasteiger partial charge in [0.1, 0.15) is 0 Å². The van der Waals surface area contributed by atoms with Gasteiger partial charge in [-0.3, -0.25) is 4.99 Å². The van der Waals surface area contributed by atoms with E-state index in [1.54, 1.807) is 6.07 Å². The lowest BCUT2D eigenvalue weighted by Gasteiger charge is -2.21. The number of aliphatic imine (C=N–C) groups is 1. The van der Waals surface area contributed by atoms with Crippen LogP contribution in [0, 0.1) is 0 Å². The van der Waals surface area contributed by atoms with E-state index in [0.29, 0.717) is 24.5 Å². The van der Waals surface area contributed by atoms with Gasteiger partial charge in [-0.05, 0) is 29.7 Å². The summed E-state index contributed by atoms with van der Waals surface area (Å²) in [5.74, 6) is 0.633. The van der Waals surface area contributed by atoms with Crippen molar-refractivity contribution in [2.75, 3.05) is 13.1 Å². The first-order valence-corrected chi connectivity index (χ1v) is 7.78. The standard InChI is InChI=1S/C18H18F3N3/c19-18(20,21)15-8-4-7-14(12-15)16(24-17-22-9-10-23-17)11-13-5-2-1-3-6-13/h1-8,12,16H,9-11H2,(H2,22,23,24). The van der Waals surface area contributed by atoms with Gasteiger partial charge in [0.15, 0.2) is 5.96 Å². The molecule has 2 aromatic rings. The van der Waals surface area contributed by atoms with E-state index in [0.717, 1.165) is 18.2 Å². The molecule has 0 aliphatic carbocycles. The molecule has 0 amide bonds. The first-order valence-electron chi connectivity index (χ1n) is 7.78. The average Bonchev–Trinajstić information content (AvgIpc) is 3.08. The quantitative estimate of drug-likeness (QED) is 0.898. The van der Waals surface area contributed by atoms with E-state index in [9.17, 15) is 13.2 Å². The summed E-state index contributed by atoms with van der Waals surface area (Å²) in [4.78, 5) is 4.29. The Morgan fingerprint density at radius 1 is 1.08 bits per heavy atom. The van der Waals surface area contributed by atoms with E-state index in [1.807, 2.05) is 30.3 Å². The molecule has 0 bridgehead atoms. The highest BCUT2D eigenvalue weighted by Crippen LogP contribution is 2.31. The molecule has 0 spiro atoms. The zero-order valence-electron chi connectivity index (χ0n) is 13.0. The van der Waals surface area contributed by atoms with Crippen LogP contribution in [0.1, 0.15) is 22.7 Å². The van der Waals surface area contributed by atoms with Crippen LogP contribution in [0.25, 0.3) is 0 Å². The first kappa shape index (κ1) is 16.4. The molecule has 1 aliphatic heterocycles. The Morgan fingerprint density at radius 3 is 2.54 bits per heavy atom. The molecule has 3 nitrogen and oxygen atoms in total. The van der Waals surface area contributed by atoms with Crippen LogP contribution in [0.3, 0.4) is 0 Å². The fraction of sp³-hybridized carbons (Fsp3) is 0.278. The smallest absolute Gasteiger partial charge is 0.355 e. The predicted octanol–water partition coefficient (Wildman–Crippen LogP) is 3.54. The van der Waals surface area contributed by atoms with Crippen molar-refractivity contribution in [2.24, 2.45) is 4.99 Å². The van der Waals surface area contributed by atoms with Crippen LogP contribution in [0.2, 0.25) is 0 Å². The minimum absolute atomic E-state index is 0.293. The molecule has 1 aliphatic rings.